The van der Waals surface area contributed by atoms with E-state index in [1.807, 2.05) is 0 Å². The van der Waals surface area contributed by atoms with Gasteiger partial charge in [-0.05, 0) is 106 Å². The van der Waals surface area contributed by atoms with Crippen LogP contribution in [-0.2, 0) is 14.8 Å². The molecule has 1 unspecified atom stereocenters. The van der Waals surface area contributed by atoms with Crippen molar-refractivity contribution in [2.45, 2.75) is 102 Å². The van der Waals surface area contributed by atoms with Gasteiger partial charge >= 0.3 is 0 Å². The zero-order valence-electron chi connectivity index (χ0n) is 20.1. The molecule has 0 radical (unpaired) electrons. The van der Waals surface area contributed by atoms with Crippen molar-refractivity contribution in [1.29, 1.82) is 0 Å². The lowest BCUT2D eigenvalue weighted by Gasteiger charge is -2.54. The summed E-state index contributed by atoms with van der Waals surface area (Å²) < 4.78 is 33.3. The maximum Gasteiger partial charge on any atom is 0.208 e. The van der Waals surface area contributed by atoms with E-state index in [1.165, 1.54) is 51.2 Å². The minimum Gasteiger partial charge on any atom is -0.366 e. The van der Waals surface area contributed by atoms with Gasteiger partial charge in [-0.2, -0.15) is 0 Å². The van der Waals surface area contributed by atoms with E-state index in [-0.39, 0.29) is 11.6 Å². The fourth-order valence-corrected chi connectivity index (χ4v) is 10.0. The van der Waals surface area contributed by atoms with Crippen LogP contribution in [0.3, 0.4) is 0 Å². The number of hydrogen-bond acceptors (Lipinski definition) is 4. The molecular formula is C26H42N2O3S. The second-order valence-electron chi connectivity index (χ2n) is 12.8. The molecule has 180 valence electrons. The number of rotatable bonds is 2. The highest BCUT2D eigenvalue weighted by molar-refractivity contribution is 7.88. The van der Waals surface area contributed by atoms with Gasteiger partial charge in [0.2, 0.25) is 10.0 Å². The quantitative estimate of drug-likeness (QED) is 0.609. The Balaban J connectivity index is 1.20. The third kappa shape index (κ3) is 3.63. The molecule has 6 aliphatic rings. The molecule has 5 nitrogen and oxygen atoms in total. The van der Waals surface area contributed by atoms with Crippen molar-refractivity contribution in [3.8, 4) is 0 Å². The van der Waals surface area contributed by atoms with Crippen molar-refractivity contribution in [2.24, 2.45) is 35.0 Å². The van der Waals surface area contributed by atoms with E-state index in [2.05, 4.69) is 30.0 Å². The molecule has 1 spiro atoms. The van der Waals surface area contributed by atoms with Crippen molar-refractivity contribution in [2.75, 3.05) is 12.8 Å². The van der Waals surface area contributed by atoms with Gasteiger partial charge in [0.25, 0.3) is 0 Å². The zero-order valence-corrected chi connectivity index (χ0v) is 20.9. The highest BCUT2D eigenvalue weighted by atomic mass is 32.2. The zero-order chi connectivity index (χ0) is 22.3. The SMILES string of the molecule is C[C@@H]1CN[C@H]2C[C@]3(C=C4C[C@H]5C(CC[C@@H]6C[C@H](NS(C)(=O)=O)CC[C@@]65C)[C@@H]4CC3)O[C@@H]2C1. The number of ether oxygens (including phenoxy) is 1. The van der Waals surface area contributed by atoms with Gasteiger partial charge in [-0.3, -0.25) is 0 Å². The van der Waals surface area contributed by atoms with E-state index in [0.29, 0.717) is 29.4 Å². The lowest BCUT2D eigenvalue weighted by atomic mass is 9.52. The van der Waals surface area contributed by atoms with E-state index in [1.54, 1.807) is 5.57 Å². The van der Waals surface area contributed by atoms with Gasteiger partial charge in [-0.1, -0.05) is 25.5 Å². The van der Waals surface area contributed by atoms with Crippen LogP contribution in [0, 0.1) is 35.0 Å². The summed E-state index contributed by atoms with van der Waals surface area (Å²) in [5, 5.41) is 3.77. The first-order valence-corrected chi connectivity index (χ1v) is 15.1. The molecule has 3 saturated carbocycles. The van der Waals surface area contributed by atoms with Gasteiger partial charge < -0.3 is 10.1 Å². The fourth-order valence-electron chi connectivity index (χ4n) is 9.21. The van der Waals surface area contributed by atoms with Gasteiger partial charge in [0.05, 0.1) is 18.0 Å². The highest BCUT2D eigenvalue weighted by Gasteiger charge is 2.58. The minimum absolute atomic E-state index is 0.0108. The second-order valence-corrected chi connectivity index (χ2v) is 14.5. The average molecular weight is 463 g/mol. The first-order chi connectivity index (χ1) is 15.1. The Morgan fingerprint density at radius 1 is 1.16 bits per heavy atom. The van der Waals surface area contributed by atoms with Crippen LogP contribution in [-0.4, -0.2) is 45.0 Å². The lowest BCUT2D eigenvalue weighted by molar-refractivity contribution is -0.0479. The minimum atomic E-state index is -3.12. The third-order valence-electron chi connectivity index (χ3n) is 10.7. The van der Waals surface area contributed by atoms with Crippen molar-refractivity contribution >= 4 is 10.0 Å². The Morgan fingerprint density at radius 3 is 2.81 bits per heavy atom. The summed E-state index contributed by atoms with van der Waals surface area (Å²) in [6.07, 6.45) is 16.3. The van der Waals surface area contributed by atoms with Gasteiger partial charge in [0.1, 0.15) is 0 Å². The summed E-state index contributed by atoms with van der Waals surface area (Å²) >= 11 is 0. The molecule has 0 amide bonds. The molecule has 2 heterocycles. The monoisotopic (exact) mass is 462 g/mol. The number of nitrogens with one attached hydrogen (secondary N) is 2. The highest BCUT2D eigenvalue weighted by Crippen LogP contribution is 2.64. The standard InChI is InChI=1S/C26H42N2O3S/c1-16-10-24-23(27-15-16)14-26(31-24)9-7-20-17(13-26)11-22-21(20)5-4-18-12-19(28-32(3,29)30)6-8-25(18,22)2/h13,16,18-24,27-28H,4-12,14-15H2,1-3H3/t16-,18+,19+,20+,21?,22-,23-,24+,25-,26-/m0/s1. The maximum absolute atomic E-state index is 11.8. The second kappa shape index (κ2) is 7.53. The smallest absolute Gasteiger partial charge is 0.208 e. The predicted molar refractivity (Wildman–Crippen MR) is 127 cm³/mol. The first-order valence-electron chi connectivity index (χ1n) is 13.2. The molecule has 2 aliphatic heterocycles. The van der Waals surface area contributed by atoms with Crippen molar-refractivity contribution < 1.29 is 13.2 Å². The molecular weight excluding hydrogens is 420 g/mol. The summed E-state index contributed by atoms with van der Waals surface area (Å²) in [7, 11) is -3.12. The van der Waals surface area contributed by atoms with Gasteiger partial charge in [0, 0.05) is 12.1 Å². The summed E-state index contributed by atoms with van der Waals surface area (Å²) in [5.74, 6) is 3.75. The van der Waals surface area contributed by atoms with Crippen molar-refractivity contribution in [3.63, 3.8) is 0 Å². The van der Waals surface area contributed by atoms with Crippen LogP contribution >= 0.6 is 0 Å². The van der Waals surface area contributed by atoms with Gasteiger partial charge in [-0.25, -0.2) is 13.1 Å². The maximum atomic E-state index is 11.8. The van der Waals surface area contributed by atoms with E-state index < -0.39 is 10.0 Å². The number of piperidine rings is 1. The summed E-state index contributed by atoms with van der Waals surface area (Å²) in [5.41, 5.74) is 2.07. The largest absolute Gasteiger partial charge is 0.366 e. The molecule has 32 heavy (non-hydrogen) atoms. The van der Waals surface area contributed by atoms with Crippen LogP contribution in [0.15, 0.2) is 11.6 Å². The third-order valence-corrected chi connectivity index (χ3v) is 11.4. The molecule has 0 aromatic rings. The van der Waals surface area contributed by atoms with Crippen LogP contribution in [0.25, 0.3) is 0 Å². The Hall–Kier alpha value is -0.430. The van der Waals surface area contributed by atoms with Crippen LogP contribution in [0.4, 0.5) is 0 Å². The molecule has 2 saturated heterocycles. The van der Waals surface area contributed by atoms with E-state index in [9.17, 15) is 8.42 Å². The van der Waals surface area contributed by atoms with Crippen LogP contribution < -0.4 is 10.0 Å². The van der Waals surface area contributed by atoms with Gasteiger partial charge in [0.15, 0.2) is 0 Å². The topological polar surface area (TPSA) is 67.4 Å². The molecule has 5 fully saturated rings. The number of allylic oxidation sites excluding steroid dienone is 1. The van der Waals surface area contributed by atoms with Gasteiger partial charge in [-0.15, -0.1) is 0 Å². The molecule has 10 atom stereocenters. The summed E-state index contributed by atoms with van der Waals surface area (Å²) in [6, 6.07) is 0.679. The molecule has 0 aromatic heterocycles. The first kappa shape index (κ1) is 22.1. The van der Waals surface area contributed by atoms with Crippen LogP contribution in [0.2, 0.25) is 0 Å². The Labute approximate surface area is 194 Å². The normalized spacial score (nSPS) is 52.7. The molecule has 6 heteroatoms. The van der Waals surface area contributed by atoms with Crippen LogP contribution in [0.5, 0.6) is 0 Å². The van der Waals surface area contributed by atoms with Crippen molar-refractivity contribution in [1.82, 2.24) is 10.0 Å². The lowest BCUT2D eigenvalue weighted by Crippen LogP contribution is -2.50. The number of hydrogen-bond donors (Lipinski definition) is 2. The molecule has 2 N–H and O–H groups in total. The average Bonchev–Trinajstić information content (AvgIpc) is 3.25. The van der Waals surface area contributed by atoms with E-state index in [0.717, 1.165) is 43.6 Å². The predicted octanol–water partition coefficient (Wildman–Crippen LogP) is 4.00. The summed E-state index contributed by atoms with van der Waals surface area (Å²) in [4.78, 5) is 0. The molecule has 6 rings (SSSR count). The molecule has 0 bridgehead atoms. The number of sulfonamides is 1. The van der Waals surface area contributed by atoms with Crippen molar-refractivity contribution in [3.05, 3.63) is 11.6 Å². The Bertz CT molecular complexity index is 903. The Morgan fingerprint density at radius 2 is 2.00 bits per heavy atom. The summed E-state index contributed by atoms with van der Waals surface area (Å²) in [6.45, 7) is 6.02. The fraction of sp³-hybridized carbons (Fsp3) is 0.923. The Kier molecular flexibility index (Phi) is 5.19. The van der Waals surface area contributed by atoms with E-state index in [4.69, 9.17) is 4.74 Å². The van der Waals surface area contributed by atoms with Crippen LogP contribution in [0.1, 0.15) is 78.1 Å². The molecule has 0 aromatic carbocycles. The molecule has 4 aliphatic carbocycles. The number of fused-ring (bicyclic) bond motifs is 6. The van der Waals surface area contributed by atoms with E-state index >= 15 is 0 Å².